The van der Waals surface area contributed by atoms with Crippen LogP contribution in [-0.4, -0.2) is 57.7 Å². The van der Waals surface area contributed by atoms with Crippen molar-refractivity contribution in [2.75, 3.05) is 41.0 Å². The van der Waals surface area contributed by atoms with Gasteiger partial charge in [0, 0.05) is 6.54 Å². The normalized spacial score (nSPS) is 11.8. The number of ether oxygens (including phenoxy) is 3. The first-order chi connectivity index (χ1) is 14.9. The maximum atomic E-state index is 12.9. The van der Waals surface area contributed by atoms with Crippen LogP contribution < -0.4 is 14.8 Å². The van der Waals surface area contributed by atoms with Crippen molar-refractivity contribution in [1.82, 2.24) is 10.2 Å². The molecule has 1 unspecified atom stereocenters. The van der Waals surface area contributed by atoms with Crippen LogP contribution in [0.3, 0.4) is 0 Å². The summed E-state index contributed by atoms with van der Waals surface area (Å²) >= 11 is 0. The highest BCUT2D eigenvalue weighted by Gasteiger charge is 2.21. The van der Waals surface area contributed by atoms with Crippen molar-refractivity contribution in [1.29, 1.82) is 0 Å². The van der Waals surface area contributed by atoms with Gasteiger partial charge in [0.15, 0.2) is 0 Å². The standard InChI is InChI=1S/C24H32N2O5/c1-6-26(15-17(2)24(28)31-5)16-22(27)25-23(18-7-11-20(29-3)12-8-18)19-9-13-21(30-4)14-10-19/h7-14,17,23H,6,15-16H2,1-5H3,(H,25,27). The number of likely N-dealkylation sites (N-methyl/N-ethyl adjacent to an activating group) is 1. The van der Waals surface area contributed by atoms with Crippen molar-refractivity contribution in [3.8, 4) is 11.5 Å². The predicted octanol–water partition coefficient (Wildman–Crippen LogP) is 3.04. The van der Waals surface area contributed by atoms with E-state index in [0.29, 0.717) is 13.1 Å². The van der Waals surface area contributed by atoms with Crippen LogP contribution in [0.5, 0.6) is 11.5 Å². The molecule has 0 saturated carbocycles. The minimum atomic E-state index is -0.332. The van der Waals surface area contributed by atoms with Crippen molar-refractivity contribution in [2.45, 2.75) is 19.9 Å². The lowest BCUT2D eigenvalue weighted by Gasteiger charge is -2.25. The number of hydrogen-bond acceptors (Lipinski definition) is 6. The molecule has 0 heterocycles. The molecule has 7 nitrogen and oxygen atoms in total. The monoisotopic (exact) mass is 428 g/mol. The number of esters is 1. The van der Waals surface area contributed by atoms with Crippen LogP contribution in [0, 0.1) is 5.92 Å². The van der Waals surface area contributed by atoms with E-state index in [-0.39, 0.29) is 30.4 Å². The number of benzene rings is 2. The summed E-state index contributed by atoms with van der Waals surface area (Å²) in [5, 5.41) is 3.13. The summed E-state index contributed by atoms with van der Waals surface area (Å²) in [4.78, 5) is 26.6. The Hall–Kier alpha value is -3.06. The number of nitrogens with zero attached hydrogens (tertiary/aromatic N) is 1. The van der Waals surface area contributed by atoms with E-state index in [0.717, 1.165) is 22.6 Å². The van der Waals surface area contributed by atoms with Gasteiger partial charge in [-0.15, -0.1) is 0 Å². The minimum Gasteiger partial charge on any atom is -0.497 e. The van der Waals surface area contributed by atoms with Gasteiger partial charge in [0.25, 0.3) is 0 Å². The first-order valence-corrected chi connectivity index (χ1v) is 10.3. The van der Waals surface area contributed by atoms with Crippen LogP contribution in [0.4, 0.5) is 0 Å². The molecule has 0 aliphatic carbocycles. The number of hydrogen-bond donors (Lipinski definition) is 1. The number of carbonyl (C=O) groups is 2. The second kappa shape index (κ2) is 12.0. The second-order valence-electron chi connectivity index (χ2n) is 7.30. The Morgan fingerprint density at radius 3 is 1.77 bits per heavy atom. The highest BCUT2D eigenvalue weighted by Crippen LogP contribution is 2.26. The summed E-state index contributed by atoms with van der Waals surface area (Å²) in [5.41, 5.74) is 1.87. The van der Waals surface area contributed by atoms with Crippen molar-refractivity contribution >= 4 is 11.9 Å². The third-order valence-electron chi connectivity index (χ3n) is 5.15. The zero-order chi connectivity index (χ0) is 22.8. The summed E-state index contributed by atoms with van der Waals surface area (Å²) in [6.07, 6.45) is 0. The number of nitrogens with one attached hydrogen (secondary N) is 1. The summed E-state index contributed by atoms with van der Waals surface area (Å²) in [6, 6.07) is 14.9. The lowest BCUT2D eigenvalue weighted by molar-refractivity contribution is -0.145. The number of amides is 1. The maximum absolute atomic E-state index is 12.9. The van der Waals surface area contributed by atoms with E-state index in [2.05, 4.69) is 5.32 Å². The van der Waals surface area contributed by atoms with Crippen molar-refractivity contribution in [3.05, 3.63) is 59.7 Å². The Kier molecular flexibility index (Phi) is 9.34. The molecule has 1 N–H and O–H groups in total. The van der Waals surface area contributed by atoms with E-state index in [4.69, 9.17) is 14.2 Å². The van der Waals surface area contributed by atoms with Gasteiger partial charge >= 0.3 is 5.97 Å². The smallest absolute Gasteiger partial charge is 0.309 e. The average molecular weight is 429 g/mol. The molecule has 1 atom stereocenters. The van der Waals surface area contributed by atoms with Gasteiger partial charge in [-0.3, -0.25) is 14.5 Å². The Morgan fingerprint density at radius 2 is 1.39 bits per heavy atom. The van der Waals surface area contributed by atoms with Crippen LogP contribution in [-0.2, 0) is 14.3 Å². The zero-order valence-electron chi connectivity index (χ0n) is 18.9. The Labute approximate surface area is 184 Å². The van der Waals surface area contributed by atoms with Crippen molar-refractivity contribution < 1.29 is 23.8 Å². The molecule has 0 aliphatic rings. The maximum Gasteiger partial charge on any atom is 0.309 e. The molecule has 0 fully saturated rings. The molecule has 31 heavy (non-hydrogen) atoms. The van der Waals surface area contributed by atoms with Crippen LogP contribution in [0.25, 0.3) is 0 Å². The molecule has 0 saturated heterocycles. The van der Waals surface area contributed by atoms with Gasteiger partial charge in [-0.25, -0.2) is 0 Å². The lowest BCUT2D eigenvalue weighted by Crippen LogP contribution is -2.41. The van der Waals surface area contributed by atoms with E-state index in [9.17, 15) is 9.59 Å². The molecule has 2 aromatic carbocycles. The molecule has 1 amide bonds. The van der Waals surface area contributed by atoms with Crippen LogP contribution in [0.2, 0.25) is 0 Å². The average Bonchev–Trinajstić information content (AvgIpc) is 2.81. The first-order valence-electron chi connectivity index (χ1n) is 10.3. The van der Waals surface area contributed by atoms with Crippen LogP contribution in [0.1, 0.15) is 31.0 Å². The minimum absolute atomic E-state index is 0.129. The summed E-state index contributed by atoms with van der Waals surface area (Å²) < 4.78 is 15.3. The molecule has 0 radical (unpaired) electrons. The molecule has 2 rings (SSSR count). The fraction of sp³-hybridized carbons (Fsp3) is 0.417. The third kappa shape index (κ3) is 7.00. The lowest BCUT2D eigenvalue weighted by atomic mass is 9.98. The van der Waals surface area contributed by atoms with Gasteiger partial charge in [-0.2, -0.15) is 0 Å². The molecule has 0 aliphatic heterocycles. The van der Waals surface area contributed by atoms with Gasteiger partial charge in [-0.1, -0.05) is 38.1 Å². The Morgan fingerprint density at radius 1 is 0.903 bits per heavy atom. The van der Waals surface area contributed by atoms with Crippen molar-refractivity contribution in [2.24, 2.45) is 5.92 Å². The van der Waals surface area contributed by atoms with E-state index >= 15 is 0 Å². The number of methoxy groups -OCH3 is 3. The van der Waals surface area contributed by atoms with E-state index in [1.807, 2.05) is 60.4 Å². The van der Waals surface area contributed by atoms with E-state index < -0.39 is 0 Å². The topological polar surface area (TPSA) is 77.1 Å². The zero-order valence-corrected chi connectivity index (χ0v) is 18.9. The summed E-state index contributed by atoms with van der Waals surface area (Å²) in [5.74, 6) is 0.774. The predicted molar refractivity (Wildman–Crippen MR) is 119 cm³/mol. The Balaban J connectivity index is 2.18. The quantitative estimate of drug-likeness (QED) is 0.555. The molecule has 168 valence electrons. The molecule has 0 bridgehead atoms. The molecule has 0 spiro atoms. The molecule has 2 aromatic rings. The van der Waals surface area contributed by atoms with Crippen molar-refractivity contribution in [3.63, 3.8) is 0 Å². The third-order valence-corrected chi connectivity index (χ3v) is 5.15. The van der Waals surface area contributed by atoms with Gasteiger partial charge in [0.05, 0.1) is 39.8 Å². The van der Waals surface area contributed by atoms with Gasteiger partial charge in [-0.05, 0) is 41.9 Å². The fourth-order valence-corrected chi connectivity index (χ4v) is 3.33. The fourth-order valence-electron chi connectivity index (χ4n) is 3.33. The molecular formula is C24H32N2O5. The number of carbonyl (C=O) groups excluding carboxylic acids is 2. The van der Waals surface area contributed by atoms with Crippen LogP contribution in [0.15, 0.2) is 48.5 Å². The molecule has 0 aromatic heterocycles. The summed E-state index contributed by atoms with van der Waals surface area (Å²) in [6.45, 7) is 5.03. The molecule has 7 heteroatoms. The van der Waals surface area contributed by atoms with Crippen LogP contribution >= 0.6 is 0 Å². The van der Waals surface area contributed by atoms with E-state index in [1.165, 1.54) is 7.11 Å². The summed E-state index contributed by atoms with van der Waals surface area (Å²) in [7, 11) is 4.61. The van der Waals surface area contributed by atoms with E-state index in [1.54, 1.807) is 21.1 Å². The SMILES string of the molecule is CCN(CC(=O)NC(c1ccc(OC)cc1)c1ccc(OC)cc1)CC(C)C(=O)OC. The first kappa shape index (κ1) is 24.2. The van der Waals surface area contributed by atoms with Gasteiger partial charge in [0.1, 0.15) is 11.5 Å². The largest absolute Gasteiger partial charge is 0.497 e. The highest BCUT2D eigenvalue weighted by molar-refractivity contribution is 5.79. The Bertz CT molecular complexity index is 789. The second-order valence-corrected chi connectivity index (χ2v) is 7.30. The molecular weight excluding hydrogens is 396 g/mol. The number of rotatable bonds is 11. The van der Waals surface area contributed by atoms with Gasteiger partial charge in [0.2, 0.25) is 5.91 Å². The van der Waals surface area contributed by atoms with Gasteiger partial charge < -0.3 is 19.5 Å². The highest BCUT2D eigenvalue weighted by atomic mass is 16.5.